The van der Waals surface area contributed by atoms with Crippen molar-refractivity contribution in [1.82, 2.24) is 0 Å². The molecule has 3 rings (SSSR count). The lowest BCUT2D eigenvalue weighted by atomic mass is 10.1. The molecule has 1 aliphatic heterocycles. The third-order valence-corrected chi connectivity index (χ3v) is 7.30. The van der Waals surface area contributed by atoms with Crippen molar-refractivity contribution in [2.24, 2.45) is 0 Å². The Balaban J connectivity index is 1.90. The van der Waals surface area contributed by atoms with Crippen LogP contribution in [-0.2, 0) is 26.5 Å². The first-order valence-electron chi connectivity index (χ1n) is 6.44. The Morgan fingerprint density at radius 3 is 2.59 bits per heavy atom. The predicted molar refractivity (Wildman–Crippen MR) is 87.5 cm³/mol. The first-order chi connectivity index (χ1) is 10.3. The van der Waals surface area contributed by atoms with Crippen molar-refractivity contribution in [3.8, 4) is 0 Å². The lowest BCUT2D eigenvalue weighted by Crippen LogP contribution is -2.27. The highest BCUT2D eigenvalue weighted by Crippen LogP contribution is 2.32. The predicted octanol–water partition coefficient (Wildman–Crippen LogP) is 1.87. The van der Waals surface area contributed by atoms with Gasteiger partial charge in [-0.05, 0) is 41.6 Å². The molecule has 0 atom stereocenters. The van der Waals surface area contributed by atoms with Gasteiger partial charge in [-0.3, -0.25) is 9.03 Å². The first-order valence-corrected chi connectivity index (χ1v) is 10.7. The highest BCUT2D eigenvalue weighted by molar-refractivity contribution is 7.94. The number of thiophene rings is 1. The Kier molecular flexibility index (Phi) is 3.66. The second kappa shape index (κ2) is 5.25. The largest absolute Gasteiger partial charge is 0.279 e. The van der Waals surface area contributed by atoms with Crippen LogP contribution < -0.4 is 9.03 Å². The summed E-state index contributed by atoms with van der Waals surface area (Å²) in [5.41, 5.74) is 1.86. The first kappa shape index (κ1) is 15.3. The zero-order valence-corrected chi connectivity index (χ0v) is 14.1. The molecule has 0 spiro atoms. The van der Waals surface area contributed by atoms with Gasteiger partial charge in [0, 0.05) is 12.2 Å². The molecule has 6 nitrogen and oxygen atoms in total. The van der Waals surface area contributed by atoms with Crippen molar-refractivity contribution < 1.29 is 16.8 Å². The van der Waals surface area contributed by atoms with Gasteiger partial charge in [0.05, 0.1) is 11.9 Å². The topological polar surface area (TPSA) is 83.6 Å². The number of anilines is 2. The van der Waals surface area contributed by atoms with Gasteiger partial charge in [0.15, 0.2) is 0 Å². The Morgan fingerprint density at radius 1 is 1.18 bits per heavy atom. The second-order valence-electron chi connectivity index (χ2n) is 4.97. The van der Waals surface area contributed by atoms with Crippen LogP contribution in [0.5, 0.6) is 0 Å². The van der Waals surface area contributed by atoms with Crippen LogP contribution in [0.3, 0.4) is 0 Å². The average molecular weight is 358 g/mol. The summed E-state index contributed by atoms with van der Waals surface area (Å²) in [5, 5.41) is 1.70. The van der Waals surface area contributed by atoms with Crippen LogP contribution in [0, 0.1) is 0 Å². The van der Waals surface area contributed by atoms with Gasteiger partial charge >= 0.3 is 0 Å². The fraction of sp³-hybridized carbons (Fsp3) is 0.231. The zero-order chi connectivity index (χ0) is 16.0. The summed E-state index contributed by atoms with van der Waals surface area (Å²) in [5.74, 6) is 0. The monoisotopic (exact) mass is 358 g/mol. The van der Waals surface area contributed by atoms with E-state index in [1.165, 1.54) is 10.4 Å². The SMILES string of the molecule is CS(=O)(=O)N1CCc2cc(NS(=O)(=O)c3cccs3)ccc21. The molecule has 0 amide bonds. The van der Waals surface area contributed by atoms with E-state index < -0.39 is 20.0 Å². The fourth-order valence-corrected chi connectivity index (χ4v) is 5.40. The summed E-state index contributed by atoms with van der Waals surface area (Å²) >= 11 is 1.14. The Bertz CT molecular complexity index is 903. The van der Waals surface area contributed by atoms with E-state index in [-0.39, 0.29) is 4.21 Å². The van der Waals surface area contributed by atoms with Gasteiger partial charge in [-0.1, -0.05) is 6.07 Å². The van der Waals surface area contributed by atoms with Gasteiger partial charge in [-0.2, -0.15) is 0 Å². The maximum atomic E-state index is 12.2. The third-order valence-electron chi connectivity index (χ3n) is 3.34. The molecule has 9 heteroatoms. The normalized spacial score (nSPS) is 14.9. The Labute approximate surface area is 133 Å². The molecule has 0 radical (unpaired) electrons. The van der Waals surface area contributed by atoms with Crippen LogP contribution in [0.2, 0.25) is 0 Å². The summed E-state index contributed by atoms with van der Waals surface area (Å²) in [6.45, 7) is 0.384. The molecule has 0 saturated carbocycles. The van der Waals surface area contributed by atoms with E-state index in [4.69, 9.17) is 0 Å². The molecule has 0 unspecified atom stereocenters. The van der Waals surface area contributed by atoms with Crippen LogP contribution in [0.1, 0.15) is 5.56 Å². The summed E-state index contributed by atoms with van der Waals surface area (Å²) in [4.78, 5) is 0. The van der Waals surface area contributed by atoms with Crippen molar-refractivity contribution in [1.29, 1.82) is 0 Å². The van der Waals surface area contributed by atoms with Gasteiger partial charge in [0.2, 0.25) is 10.0 Å². The molecular formula is C13H14N2O4S3. The number of fused-ring (bicyclic) bond motifs is 1. The second-order valence-corrected chi connectivity index (χ2v) is 9.73. The molecular weight excluding hydrogens is 344 g/mol. The maximum absolute atomic E-state index is 12.2. The van der Waals surface area contributed by atoms with Crippen LogP contribution in [-0.4, -0.2) is 29.6 Å². The summed E-state index contributed by atoms with van der Waals surface area (Å²) in [6, 6.07) is 8.10. The summed E-state index contributed by atoms with van der Waals surface area (Å²) in [7, 11) is -6.90. The minimum absolute atomic E-state index is 0.241. The third kappa shape index (κ3) is 2.83. The average Bonchev–Trinajstić information content (AvgIpc) is 3.06. The lowest BCUT2D eigenvalue weighted by Gasteiger charge is -2.16. The highest BCUT2D eigenvalue weighted by atomic mass is 32.2. The Hall–Kier alpha value is -1.58. The zero-order valence-electron chi connectivity index (χ0n) is 11.7. The fourth-order valence-electron chi connectivity index (χ4n) is 2.40. The van der Waals surface area contributed by atoms with Gasteiger partial charge in [0.1, 0.15) is 4.21 Å². The van der Waals surface area contributed by atoms with E-state index in [1.807, 2.05) is 0 Å². The summed E-state index contributed by atoms with van der Waals surface area (Å²) < 4.78 is 51.8. The standard InChI is InChI=1S/C13H14N2O4S3/c1-21(16,17)15-7-6-10-9-11(4-5-12(10)15)14-22(18,19)13-3-2-8-20-13/h2-5,8-9,14H,6-7H2,1H3. The molecule has 0 aliphatic carbocycles. The highest BCUT2D eigenvalue weighted by Gasteiger charge is 2.26. The van der Waals surface area contributed by atoms with E-state index in [9.17, 15) is 16.8 Å². The number of rotatable bonds is 4. The molecule has 1 aromatic heterocycles. The van der Waals surface area contributed by atoms with Gasteiger partial charge in [-0.15, -0.1) is 11.3 Å². The number of nitrogens with zero attached hydrogens (tertiary/aromatic N) is 1. The molecule has 1 aromatic carbocycles. The van der Waals surface area contributed by atoms with Crippen LogP contribution in [0.4, 0.5) is 11.4 Å². The molecule has 118 valence electrons. The van der Waals surface area contributed by atoms with Crippen LogP contribution >= 0.6 is 11.3 Å². The number of hydrogen-bond acceptors (Lipinski definition) is 5. The quantitative estimate of drug-likeness (QED) is 0.904. The lowest BCUT2D eigenvalue weighted by molar-refractivity contribution is 0.597. The summed E-state index contributed by atoms with van der Waals surface area (Å²) in [6.07, 6.45) is 1.73. The molecule has 22 heavy (non-hydrogen) atoms. The van der Waals surface area contributed by atoms with E-state index in [2.05, 4.69) is 4.72 Å². The molecule has 1 N–H and O–H groups in total. The minimum atomic E-state index is -3.59. The minimum Gasteiger partial charge on any atom is -0.279 e. The van der Waals surface area contributed by atoms with E-state index >= 15 is 0 Å². The van der Waals surface area contributed by atoms with Crippen LogP contribution in [0.15, 0.2) is 39.9 Å². The number of benzene rings is 1. The van der Waals surface area contributed by atoms with E-state index in [1.54, 1.807) is 29.6 Å². The van der Waals surface area contributed by atoms with Gasteiger partial charge in [-0.25, -0.2) is 16.8 Å². The van der Waals surface area contributed by atoms with Crippen molar-refractivity contribution in [2.45, 2.75) is 10.6 Å². The van der Waals surface area contributed by atoms with Gasteiger partial charge < -0.3 is 0 Å². The smallest absolute Gasteiger partial charge is 0.271 e. The number of nitrogens with one attached hydrogen (secondary N) is 1. The Morgan fingerprint density at radius 2 is 1.95 bits per heavy atom. The molecule has 1 aliphatic rings. The van der Waals surface area contributed by atoms with Crippen molar-refractivity contribution in [2.75, 3.05) is 21.8 Å². The van der Waals surface area contributed by atoms with Crippen LogP contribution in [0.25, 0.3) is 0 Å². The van der Waals surface area contributed by atoms with Crippen molar-refractivity contribution >= 4 is 42.8 Å². The number of hydrogen-bond donors (Lipinski definition) is 1. The van der Waals surface area contributed by atoms with E-state index in [0.29, 0.717) is 24.3 Å². The van der Waals surface area contributed by atoms with Crippen molar-refractivity contribution in [3.63, 3.8) is 0 Å². The van der Waals surface area contributed by atoms with Gasteiger partial charge in [0.25, 0.3) is 10.0 Å². The molecule has 0 saturated heterocycles. The van der Waals surface area contributed by atoms with Crippen molar-refractivity contribution in [3.05, 3.63) is 41.3 Å². The number of sulfonamides is 2. The maximum Gasteiger partial charge on any atom is 0.271 e. The molecule has 2 aromatic rings. The van der Waals surface area contributed by atoms with E-state index in [0.717, 1.165) is 23.2 Å². The molecule has 0 fully saturated rings. The molecule has 2 heterocycles. The molecule has 0 bridgehead atoms.